The van der Waals surface area contributed by atoms with Crippen molar-refractivity contribution in [1.29, 1.82) is 0 Å². The molecule has 0 atom stereocenters. The summed E-state index contributed by atoms with van der Waals surface area (Å²) in [7, 11) is 0. The average molecular weight is 195 g/mol. The number of nitrogens with zero attached hydrogens (tertiary/aromatic N) is 2. The van der Waals surface area contributed by atoms with Crippen LogP contribution in [0.5, 0.6) is 0 Å². The van der Waals surface area contributed by atoms with Crippen molar-refractivity contribution < 1.29 is 4.79 Å². The van der Waals surface area contributed by atoms with Crippen LogP contribution in [0.2, 0.25) is 5.15 Å². The molecule has 2 rings (SSSR count). The highest BCUT2D eigenvalue weighted by Crippen LogP contribution is 2.31. The number of hydrogen-bond donors (Lipinski definition) is 0. The van der Waals surface area contributed by atoms with E-state index in [2.05, 4.69) is 9.98 Å². The van der Waals surface area contributed by atoms with Crippen molar-refractivity contribution in [1.82, 2.24) is 4.98 Å². The Morgan fingerprint density at radius 3 is 3.08 bits per heavy atom. The zero-order valence-electron chi connectivity index (χ0n) is 7.04. The average Bonchev–Trinajstić information content (AvgIpc) is 2.07. The van der Waals surface area contributed by atoms with Gasteiger partial charge in [0, 0.05) is 23.9 Å². The van der Waals surface area contributed by atoms with Gasteiger partial charge >= 0.3 is 0 Å². The molecule has 1 aliphatic heterocycles. The van der Waals surface area contributed by atoms with Crippen LogP contribution in [0.25, 0.3) is 0 Å². The molecular formula is C9H7ClN2O. The lowest BCUT2D eigenvalue weighted by Crippen LogP contribution is -2.10. The van der Waals surface area contributed by atoms with Crippen LogP contribution in [0.4, 0.5) is 5.69 Å². The number of hydrogen-bond acceptors (Lipinski definition) is 3. The fourth-order valence-electron chi connectivity index (χ4n) is 1.32. The van der Waals surface area contributed by atoms with Crippen molar-refractivity contribution >= 4 is 28.8 Å². The molecule has 0 N–H and O–H groups in total. The molecule has 0 aliphatic carbocycles. The molecule has 0 aromatic carbocycles. The molecular weight excluding hydrogens is 188 g/mol. The second-order valence-electron chi connectivity index (χ2n) is 2.94. The Bertz CT molecular complexity index is 412. The maximum absolute atomic E-state index is 11.5. The normalized spacial score (nSPS) is 15.2. The minimum absolute atomic E-state index is 0.0619. The lowest BCUT2D eigenvalue weighted by atomic mass is 10.0. The van der Waals surface area contributed by atoms with Gasteiger partial charge in [-0.3, -0.25) is 9.79 Å². The van der Waals surface area contributed by atoms with E-state index in [4.69, 9.17) is 11.6 Å². The van der Waals surface area contributed by atoms with Gasteiger partial charge in [0.2, 0.25) is 0 Å². The first-order valence-corrected chi connectivity index (χ1v) is 4.28. The van der Waals surface area contributed by atoms with E-state index in [-0.39, 0.29) is 5.78 Å². The molecule has 0 spiro atoms. The van der Waals surface area contributed by atoms with Crippen LogP contribution in [0.1, 0.15) is 23.7 Å². The van der Waals surface area contributed by atoms with Crippen molar-refractivity contribution in [2.24, 2.45) is 4.99 Å². The van der Waals surface area contributed by atoms with Crippen molar-refractivity contribution in [3.8, 4) is 0 Å². The van der Waals surface area contributed by atoms with E-state index in [1.165, 1.54) is 6.20 Å². The summed E-state index contributed by atoms with van der Waals surface area (Å²) in [5.74, 6) is 0.0619. The molecule has 0 amide bonds. The standard InChI is InChI=1S/C9H7ClN2O/c1-5-4-7(13)6-2-3-11-9(10)8(6)12-5/h2-3H,4H2,1H3. The molecule has 0 unspecified atom stereocenters. The highest BCUT2D eigenvalue weighted by atomic mass is 35.5. The number of carbonyl (C=O) groups excluding carboxylic acids is 1. The van der Waals surface area contributed by atoms with Crippen molar-refractivity contribution in [2.75, 3.05) is 0 Å². The molecule has 0 saturated carbocycles. The first kappa shape index (κ1) is 8.38. The molecule has 0 fully saturated rings. The molecule has 0 saturated heterocycles. The van der Waals surface area contributed by atoms with Gasteiger partial charge in [-0.2, -0.15) is 0 Å². The van der Waals surface area contributed by atoms with E-state index < -0.39 is 0 Å². The fraction of sp³-hybridized carbons (Fsp3) is 0.222. The zero-order valence-corrected chi connectivity index (χ0v) is 7.80. The van der Waals surface area contributed by atoms with Gasteiger partial charge in [0.15, 0.2) is 10.9 Å². The number of aromatic nitrogens is 1. The van der Waals surface area contributed by atoms with Crippen LogP contribution in [0.15, 0.2) is 17.3 Å². The van der Waals surface area contributed by atoms with Gasteiger partial charge in [-0.15, -0.1) is 0 Å². The highest BCUT2D eigenvalue weighted by molar-refractivity contribution is 6.33. The lowest BCUT2D eigenvalue weighted by molar-refractivity contribution is 0.0999. The third-order valence-corrected chi connectivity index (χ3v) is 2.18. The van der Waals surface area contributed by atoms with Gasteiger partial charge in [0.25, 0.3) is 0 Å². The Balaban J connectivity index is 2.69. The van der Waals surface area contributed by atoms with Crippen LogP contribution < -0.4 is 0 Å². The molecule has 0 bridgehead atoms. The summed E-state index contributed by atoms with van der Waals surface area (Å²) in [6, 6.07) is 1.65. The summed E-state index contributed by atoms with van der Waals surface area (Å²) in [5.41, 5.74) is 1.87. The van der Waals surface area contributed by atoms with Crippen LogP contribution in [0, 0.1) is 0 Å². The Kier molecular flexibility index (Phi) is 1.88. The van der Waals surface area contributed by atoms with Crippen molar-refractivity contribution in [3.63, 3.8) is 0 Å². The summed E-state index contributed by atoms with van der Waals surface area (Å²) < 4.78 is 0. The first-order chi connectivity index (χ1) is 6.18. The second kappa shape index (κ2) is 2.92. The van der Waals surface area contributed by atoms with E-state index in [0.29, 0.717) is 22.8 Å². The molecule has 1 aliphatic rings. The Labute approximate surface area is 80.5 Å². The van der Waals surface area contributed by atoms with E-state index in [1.807, 2.05) is 6.92 Å². The predicted molar refractivity (Wildman–Crippen MR) is 51.0 cm³/mol. The Hall–Kier alpha value is -1.22. The van der Waals surface area contributed by atoms with E-state index in [0.717, 1.165) is 5.71 Å². The molecule has 0 radical (unpaired) electrons. The summed E-state index contributed by atoms with van der Waals surface area (Å²) in [6.07, 6.45) is 1.91. The largest absolute Gasteiger partial charge is 0.294 e. The van der Waals surface area contributed by atoms with Crippen LogP contribution in [0.3, 0.4) is 0 Å². The fourth-order valence-corrected chi connectivity index (χ4v) is 1.52. The number of aliphatic imine (C=N–C) groups is 1. The summed E-state index contributed by atoms with van der Waals surface area (Å²) in [4.78, 5) is 19.5. The van der Waals surface area contributed by atoms with E-state index in [9.17, 15) is 4.79 Å². The molecule has 1 aromatic rings. The number of rotatable bonds is 0. The quantitative estimate of drug-likeness (QED) is 0.596. The SMILES string of the molecule is CC1=Nc2c(ccnc2Cl)C(=O)C1. The summed E-state index contributed by atoms with van der Waals surface area (Å²) in [6.45, 7) is 1.81. The van der Waals surface area contributed by atoms with Gasteiger partial charge in [-0.1, -0.05) is 11.6 Å². The second-order valence-corrected chi connectivity index (χ2v) is 3.30. The summed E-state index contributed by atoms with van der Waals surface area (Å²) >= 11 is 5.80. The van der Waals surface area contributed by atoms with Gasteiger partial charge in [-0.05, 0) is 13.0 Å². The Morgan fingerprint density at radius 2 is 2.31 bits per heavy atom. The molecule has 13 heavy (non-hydrogen) atoms. The van der Waals surface area contributed by atoms with E-state index in [1.54, 1.807) is 6.07 Å². The van der Waals surface area contributed by atoms with Gasteiger partial charge in [0.1, 0.15) is 5.69 Å². The van der Waals surface area contributed by atoms with Gasteiger partial charge < -0.3 is 0 Å². The molecule has 1 aromatic heterocycles. The Morgan fingerprint density at radius 1 is 1.54 bits per heavy atom. The molecule has 3 nitrogen and oxygen atoms in total. The number of Topliss-reactive ketones (excluding diaryl/α,β-unsaturated/α-hetero) is 1. The van der Waals surface area contributed by atoms with Gasteiger partial charge in [0.05, 0.1) is 0 Å². The molecule has 4 heteroatoms. The van der Waals surface area contributed by atoms with Gasteiger partial charge in [-0.25, -0.2) is 4.98 Å². The molecule has 2 heterocycles. The minimum Gasteiger partial charge on any atom is -0.294 e. The molecule has 66 valence electrons. The number of ketones is 1. The maximum Gasteiger partial charge on any atom is 0.170 e. The highest BCUT2D eigenvalue weighted by Gasteiger charge is 2.19. The monoisotopic (exact) mass is 194 g/mol. The van der Waals surface area contributed by atoms with E-state index >= 15 is 0 Å². The minimum atomic E-state index is 0.0619. The predicted octanol–water partition coefficient (Wildman–Crippen LogP) is 2.41. The first-order valence-electron chi connectivity index (χ1n) is 3.90. The number of pyridine rings is 1. The number of carbonyl (C=O) groups is 1. The topological polar surface area (TPSA) is 42.3 Å². The zero-order chi connectivity index (χ0) is 9.42. The maximum atomic E-state index is 11.5. The lowest BCUT2D eigenvalue weighted by Gasteiger charge is -2.11. The smallest absolute Gasteiger partial charge is 0.170 e. The van der Waals surface area contributed by atoms with Crippen LogP contribution >= 0.6 is 11.6 Å². The van der Waals surface area contributed by atoms with Crippen LogP contribution in [-0.4, -0.2) is 16.5 Å². The third kappa shape index (κ3) is 1.35. The number of fused-ring (bicyclic) bond motifs is 1. The third-order valence-electron chi connectivity index (χ3n) is 1.90. The van der Waals surface area contributed by atoms with Crippen LogP contribution in [-0.2, 0) is 0 Å². The van der Waals surface area contributed by atoms with Crippen molar-refractivity contribution in [3.05, 3.63) is 23.0 Å². The van der Waals surface area contributed by atoms with Crippen molar-refractivity contribution in [2.45, 2.75) is 13.3 Å². The number of halogens is 1. The summed E-state index contributed by atoms with van der Waals surface area (Å²) in [5, 5.41) is 0.296.